The summed E-state index contributed by atoms with van der Waals surface area (Å²) in [5.74, 6) is 0.365. The zero-order chi connectivity index (χ0) is 29.1. The van der Waals surface area contributed by atoms with E-state index in [0.29, 0.717) is 36.8 Å². The molecule has 0 saturated heterocycles. The van der Waals surface area contributed by atoms with Crippen molar-refractivity contribution >= 4 is 27.5 Å². The quantitative estimate of drug-likeness (QED) is 0.313. The SMILES string of the molecule is CCNC(=O)[C@H](CC)N(Cc1cccc(OC)c1)C(=O)CN(c1ccc(OCC)cc1)S(=O)(=O)c1ccccc1. The van der Waals surface area contributed by atoms with Crippen LogP contribution in [0.5, 0.6) is 11.5 Å². The predicted molar refractivity (Wildman–Crippen MR) is 155 cm³/mol. The third-order valence-electron chi connectivity index (χ3n) is 6.27. The van der Waals surface area contributed by atoms with Gasteiger partial charge < -0.3 is 19.7 Å². The van der Waals surface area contributed by atoms with Crippen molar-refractivity contribution in [3.8, 4) is 11.5 Å². The molecule has 0 bridgehead atoms. The maximum absolute atomic E-state index is 14.0. The molecule has 0 aliphatic heterocycles. The highest BCUT2D eigenvalue weighted by atomic mass is 32.2. The zero-order valence-electron chi connectivity index (χ0n) is 23.4. The molecule has 1 atom stereocenters. The van der Waals surface area contributed by atoms with Gasteiger partial charge in [-0.2, -0.15) is 0 Å². The maximum atomic E-state index is 14.0. The van der Waals surface area contributed by atoms with E-state index in [0.717, 1.165) is 9.87 Å². The Bertz CT molecular complexity index is 1360. The summed E-state index contributed by atoms with van der Waals surface area (Å²) in [6, 6.07) is 20.9. The molecule has 0 aliphatic carbocycles. The van der Waals surface area contributed by atoms with Crippen molar-refractivity contribution in [2.24, 2.45) is 0 Å². The highest BCUT2D eigenvalue weighted by Crippen LogP contribution is 2.27. The van der Waals surface area contributed by atoms with Gasteiger partial charge in [-0.1, -0.05) is 37.3 Å². The van der Waals surface area contributed by atoms with Crippen LogP contribution in [0, 0.1) is 0 Å². The van der Waals surface area contributed by atoms with E-state index >= 15 is 0 Å². The third kappa shape index (κ3) is 7.53. The minimum absolute atomic E-state index is 0.0480. The van der Waals surface area contributed by atoms with Gasteiger partial charge in [0.15, 0.2) is 0 Å². The van der Waals surface area contributed by atoms with Crippen molar-refractivity contribution in [2.45, 2.75) is 44.7 Å². The molecular weight excluding hydrogens is 530 g/mol. The van der Waals surface area contributed by atoms with E-state index in [9.17, 15) is 18.0 Å². The van der Waals surface area contributed by atoms with Gasteiger partial charge in [-0.25, -0.2) is 8.42 Å². The number of hydrogen-bond acceptors (Lipinski definition) is 6. The summed E-state index contributed by atoms with van der Waals surface area (Å²) in [7, 11) is -2.58. The van der Waals surface area contributed by atoms with E-state index in [-0.39, 0.29) is 17.3 Å². The Morgan fingerprint density at radius 2 is 1.60 bits per heavy atom. The first-order chi connectivity index (χ1) is 19.2. The van der Waals surface area contributed by atoms with Crippen LogP contribution in [0.3, 0.4) is 0 Å². The van der Waals surface area contributed by atoms with Crippen LogP contribution in [0.1, 0.15) is 32.8 Å². The van der Waals surface area contributed by atoms with Gasteiger partial charge in [0.05, 0.1) is 24.3 Å². The molecule has 0 radical (unpaired) electrons. The zero-order valence-corrected chi connectivity index (χ0v) is 24.2. The van der Waals surface area contributed by atoms with Gasteiger partial charge >= 0.3 is 0 Å². The molecule has 3 rings (SSSR count). The summed E-state index contributed by atoms with van der Waals surface area (Å²) >= 11 is 0. The van der Waals surface area contributed by atoms with Crippen molar-refractivity contribution in [3.63, 3.8) is 0 Å². The van der Waals surface area contributed by atoms with E-state index in [1.807, 2.05) is 19.9 Å². The predicted octanol–water partition coefficient (Wildman–Crippen LogP) is 4.23. The van der Waals surface area contributed by atoms with Gasteiger partial charge in [0.2, 0.25) is 11.8 Å². The summed E-state index contributed by atoms with van der Waals surface area (Å²) in [5, 5.41) is 2.80. The number of nitrogens with zero attached hydrogens (tertiary/aromatic N) is 2. The van der Waals surface area contributed by atoms with Crippen molar-refractivity contribution in [1.29, 1.82) is 0 Å². The highest BCUT2D eigenvalue weighted by molar-refractivity contribution is 7.92. The van der Waals surface area contributed by atoms with Gasteiger partial charge in [0.1, 0.15) is 24.1 Å². The Morgan fingerprint density at radius 1 is 0.900 bits per heavy atom. The molecule has 0 saturated carbocycles. The number of amides is 2. The Labute approximate surface area is 236 Å². The smallest absolute Gasteiger partial charge is 0.264 e. The first-order valence-corrected chi connectivity index (χ1v) is 14.7. The van der Waals surface area contributed by atoms with Crippen LogP contribution < -0.4 is 19.1 Å². The lowest BCUT2D eigenvalue weighted by Crippen LogP contribution is -2.52. The van der Waals surface area contributed by atoms with Gasteiger partial charge in [-0.15, -0.1) is 0 Å². The molecule has 10 heteroatoms. The molecule has 0 heterocycles. The fourth-order valence-corrected chi connectivity index (χ4v) is 5.74. The van der Waals surface area contributed by atoms with Gasteiger partial charge in [0.25, 0.3) is 10.0 Å². The highest BCUT2D eigenvalue weighted by Gasteiger charge is 2.33. The number of methoxy groups -OCH3 is 1. The lowest BCUT2D eigenvalue weighted by Gasteiger charge is -2.33. The average molecular weight is 568 g/mol. The van der Waals surface area contributed by atoms with Crippen LogP contribution in [0.2, 0.25) is 0 Å². The fourth-order valence-electron chi connectivity index (χ4n) is 4.30. The first kappa shape index (κ1) is 30.5. The van der Waals surface area contributed by atoms with Crippen molar-refractivity contribution in [2.75, 3.05) is 31.1 Å². The number of likely N-dealkylation sites (N-methyl/N-ethyl adjacent to an activating group) is 1. The third-order valence-corrected chi connectivity index (χ3v) is 8.06. The number of carbonyl (C=O) groups is 2. The van der Waals surface area contributed by atoms with Gasteiger partial charge in [-0.3, -0.25) is 13.9 Å². The van der Waals surface area contributed by atoms with Crippen molar-refractivity contribution in [3.05, 3.63) is 84.4 Å². The monoisotopic (exact) mass is 567 g/mol. The summed E-state index contributed by atoms with van der Waals surface area (Å²) in [4.78, 5) is 28.5. The minimum atomic E-state index is -4.13. The molecule has 0 aliphatic rings. The molecule has 2 amide bonds. The summed E-state index contributed by atoms with van der Waals surface area (Å²) < 4.78 is 39.6. The number of rotatable bonds is 14. The molecule has 0 fully saturated rings. The Hall–Kier alpha value is -4.05. The maximum Gasteiger partial charge on any atom is 0.264 e. The van der Waals surface area contributed by atoms with Crippen molar-refractivity contribution in [1.82, 2.24) is 10.2 Å². The van der Waals surface area contributed by atoms with Crippen LogP contribution in [0.25, 0.3) is 0 Å². The second-order valence-corrected chi connectivity index (χ2v) is 10.8. The number of nitrogens with one attached hydrogen (secondary N) is 1. The molecule has 3 aromatic rings. The van der Waals surface area contributed by atoms with Crippen LogP contribution in [-0.4, -0.2) is 58.0 Å². The number of hydrogen-bond donors (Lipinski definition) is 1. The van der Waals surface area contributed by atoms with E-state index < -0.39 is 28.5 Å². The van der Waals surface area contributed by atoms with Gasteiger partial charge in [-0.05, 0) is 74.4 Å². The Morgan fingerprint density at radius 3 is 2.20 bits per heavy atom. The Balaban J connectivity index is 2.05. The fraction of sp³-hybridized carbons (Fsp3) is 0.333. The lowest BCUT2D eigenvalue weighted by molar-refractivity contribution is -0.140. The number of anilines is 1. The topological polar surface area (TPSA) is 105 Å². The first-order valence-electron chi connectivity index (χ1n) is 13.3. The van der Waals surface area contributed by atoms with E-state index in [4.69, 9.17) is 9.47 Å². The van der Waals surface area contributed by atoms with Gasteiger partial charge in [0, 0.05) is 13.1 Å². The molecule has 214 valence electrons. The van der Waals surface area contributed by atoms with E-state index in [2.05, 4.69) is 5.32 Å². The average Bonchev–Trinajstić information content (AvgIpc) is 2.97. The van der Waals surface area contributed by atoms with E-state index in [1.165, 1.54) is 17.0 Å². The molecule has 9 nitrogen and oxygen atoms in total. The second kappa shape index (κ2) is 14.4. The molecule has 40 heavy (non-hydrogen) atoms. The molecule has 3 aromatic carbocycles. The minimum Gasteiger partial charge on any atom is -0.497 e. The number of benzene rings is 3. The molecule has 0 unspecified atom stereocenters. The number of sulfonamides is 1. The largest absolute Gasteiger partial charge is 0.497 e. The van der Waals surface area contributed by atoms with E-state index in [1.54, 1.807) is 74.7 Å². The number of ether oxygens (including phenoxy) is 2. The molecule has 1 N–H and O–H groups in total. The standard InChI is InChI=1S/C30H37N3O6S/c1-5-28(30(35)31-6-2)32(21-23-12-11-13-26(20-23)38-4)29(34)22-33(24-16-18-25(19-17-24)39-7-3)40(36,37)27-14-9-8-10-15-27/h8-20,28H,5-7,21-22H2,1-4H3,(H,31,35)/t28-/m0/s1. The number of carbonyl (C=O) groups excluding carboxylic acids is 2. The van der Waals surface area contributed by atoms with Crippen molar-refractivity contribution < 1.29 is 27.5 Å². The normalized spacial score (nSPS) is 11.8. The molecule has 0 aromatic heterocycles. The summed E-state index contributed by atoms with van der Waals surface area (Å²) in [6.07, 6.45) is 0.343. The van der Waals surface area contributed by atoms with Crippen LogP contribution in [-0.2, 0) is 26.2 Å². The molecule has 0 spiro atoms. The van der Waals surface area contributed by atoms with Crippen LogP contribution in [0.4, 0.5) is 5.69 Å². The Kier molecular flexibility index (Phi) is 11.0. The lowest BCUT2D eigenvalue weighted by atomic mass is 10.1. The van der Waals surface area contributed by atoms with Crippen LogP contribution >= 0.6 is 0 Å². The molecular formula is C30H37N3O6S. The second-order valence-electron chi connectivity index (χ2n) is 8.94. The summed E-state index contributed by atoms with van der Waals surface area (Å²) in [6.45, 7) is 5.92. The van der Waals surface area contributed by atoms with Crippen LogP contribution in [0.15, 0.2) is 83.8 Å². The summed E-state index contributed by atoms with van der Waals surface area (Å²) in [5.41, 5.74) is 1.04.